The fourth-order valence-electron chi connectivity index (χ4n) is 2.18. The summed E-state index contributed by atoms with van der Waals surface area (Å²) in [7, 11) is 0. The van der Waals surface area contributed by atoms with Crippen molar-refractivity contribution in [2.45, 2.75) is 19.8 Å². The molecule has 1 aromatic carbocycles. The average molecular weight is 221 g/mol. The Morgan fingerprint density at radius 3 is 3.06 bits per heavy atom. The van der Waals surface area contributed by atoms with Gasteiger partial charge in [-0.15, -0.1) is 0 Å². The SMILES string of the molecule is CCOc1cc(CC2CCNC2)ccc1O. The number of hydrogen-bond donors (Lipinski definition) is 2. The first kappa shape index (κ1) is 11.3. The van der Waals surface area contributed by atoms with Gasteiger partial charge in [0.05, 0.1) is 6.61 Å². The standard InChI is InChI=1S/C13H19NO2/c1-2-16-13-8-10(3-4-12(13)15)7-11-5-6-14-9-11/h3-4,8,11,14-15H,2,5-7,9H2,1H3. The van der Waals surface area contributed by atoms with Crippen molar-refractivity contribution in [3.8, 4) is 11.5 Å². The highest BCUT2D eigenvalue weighted by Crippen LogP contribution is 2.28. The smallest absolute Gasteiger partial charge is 0.161 e. The lowest BCUT2D eigenvalue weighted by atomic mass is 9.98. The zero-order valence-electron chi connectivity index (χ0n) is 9.70. The molecule has 1 aromatic rings. The Bertz CT molecular complexity index is 346. The molecule has 1 heterocycles. The highest BCUT2D eigenvalue weighted by molar-refractivity contribution is 5.42. The Hall–Kier alpha value is -1.22. The largest absolute Gasteiger partial charge is 0.504 e. The fraction of sp³-hybridized carbons (Fsp3) is 0.538. The maximum absolute atomic E-state index is 9.59. The Morgan fingerprint density at radius 2 is 2.38 bits per heavy atom. The highest BCUT2D eigenvalue weighted by atomic mass is 16.5. The average Bonchev–Trinajstić information content (AvgIpc) is 2.76. The molecule has 1 atom stereocenters. The van der Waals surface area contributed by atoms with Crippen LogP contribution >= 0.6 is 0 Å². The minimum atomic E-state index is 0.232. The van der Waals surface area contributed by atoms with Crippen LogP contribution in [-0.4, -0.2) is 24.8 Å². The molecule has 1 aliphatic heterocycles. The summed E-state index contributed by atoms with van der Waals surface area (Å²) in [4.78, 5) is 0. The van der Waals surface area contributed by atoms with Gasteiger partial charge in [0.15, 0.2) is 11.5 Å². The van der Waals surface area contributed by atoms with Crippen molar-refractivity contribution in [3.05, 3.63) is 23.8 Å². The van der Waals surface area contributed by atoms with E-state index in [1.807, 2.05) is 19.1 Å². The molecular weight excluding hydrogens is 202 g/mol. The summed E-state index contributed by atoms with van der Waals surface area (Å²) >= 11 is 0. The van der Waals surface area contributed by atoms with Gasteiger partial charge in [-0.1, -0.05) is 6.07 Å². The molecule has 1 aliphatic rings. The lowest BCUT2D eigenvalue weighted by Gasteiger charge is -2.11. The monoisotopic (exact) mass is 221 g/mol. The van der Waals surface area contributed by atoms with Crippen LogP contribution in [0.5, 0.6) is 11.5 Å². The summed E-state index contributed by atoms with van der Waals surface area (Å²) in [5.41, 5.74) is 1.25. The Morgan fingerprint density at radius 1 is 1.50 bits per heavy atom. The predicted octanol–water partition coefficient (Wildman–Crippen LogP) is 1.94. The van der Waals surface area contributed by atoms with Gasteiger partial charge in [0.2, 0.25) is 0 Å². The molecule has 0 amide bonds. The van der Waals surface area contributed by atoms with Crippen LogP contribution in [0.15, 0.2) is 18.2 Å². The minimum Gasteiger partial charge on any atom is -0.504 e. The van der Waals surface area contributed by atoms with Gasteiger partial charge >= 0.3 is 0 Å². The summed E-state index contributed by atoms with van der Waals surface area (Å²) < 4.78 is 5.38. The summed E-state index contributed by atoms with van der Waals surface area (Å²) in [6.07, 6.45) is 2.30. The van der Waals surface area contributed by atoms with Gasteiger partial charge in [-0.2, -0.15) is 0 Å². The molecule has 0 aromatic heterocycles. The van der Waals surface area contributed by atoms with E-state index in [0.717, 1.165) is 25.4 Å². The number of ether oxygens (including phenoxy) is 1. The van der Waals surface area contributed by atoms with Crippen LogP contribution in [0.4, 0.5) is 0 Å². The second-order valence-electron chi connectivity index (χ2n) is 4.30. The van der Waals surface area contributed by atoms with E-state index in [-0.39, 0.29) is 5.75 Å². The van der Waals surface area contributed by atoms with E-state index in [2.05, 4.69) is 5.32 Å². The van der Waals surface area contributed by atoms with E-state index >= 15 is 0 Å². The van der Waals surface area contributed by atoms with Crippen molar-refractivity contribution in [1.29, 1.82) is 0 Å². The molecule has 0 aliphatic carbocycles. The van der Waals surface area contributed by atoms with E-state index in [1.165, 1.54) is 12.0 Å². The van der Waals surface area contributed by atoms with Crippen molar-refractivity contribution in [2.24, 2.45) is 5.92 Å². The molecule has 1 unspecified atom stereocenters. The number of benzene rings is 1. The Balaban J connectivity index is 2.05. The second-order valence-corrected chi connectivity index (χ2v) is 4.30. The van der Waals surface area contributed by atoms with E-state index in [9.17, 15) is 5.11 Å². The van der Waals surface area contributed by atoms with E-state index < -0.39 is 0 Å². The van der Waals surface area contributed by atoms with Crippen LogP contribution in [0.1, 0.15) is 18.9 Å². The Kier molecular flexibility index (Phi) is 3.67. The number of phenolic OH excluding ortho intramolecular Hbond substituents is 1. The molecule has 0 radical (unpaired) electrons. The van der Waals surface area contributed by atoms with E-state index in [0.29, 0.717) is 12.4 Å². The first-order valence-corrected chi connectivity index (χ1v) is 5.95. The lowest BCUT2D eigenvalue weighted by Crippen LogP contribution is -2.10. The van der Waals surface area contributed by atoms with Gasteiger partial charge < -0.3 is 15.2 Å². The molecule has 1 saturated heterocycles. The van der Waals surface area contributed by atoms with Gasteiger partial charge in [-0.25, -0.2) is 0 Å². The molecule has 2 rings (SSSR count). The summed E-state index contributed by atoms with van der Waals surface area (Å²) in [5.74, 6) is 1.56. The third-order valence-electron chi connectivity index (χ3n) is 3.01. The molecule has 0 spiro atoms. The number of rotatable bonds is 4. The van der Waals surface area contributed by atoms with Crippen LogP contribution in [-0.2, 0) is 6.42 Å². The van der Waals surface area contributed by atoms with Crippen molar-refractivity contribution in [2.75, 3.05) is 19.7 Å². The molecule has 3 nitrogen and oxygen atoms in total. The highest BCUT2D eigenvalue weighted by Gasteiger charge is 2.15. The number of hydrogen-bond acceptors (Lipinski definition) is 3. The first-order valence-electron chi connectivity index (χ1n) is 5.95. The molecule has 2 N–H and O–H groups in total. The maximum atomic E-state index is 9.59. The molecule has 16 heavy (non-hydrogen) atoms. The summed E-state index contributed by atoms with van der Waals surface area (Å²) in [6, 6.07) is 5.66. The topological polar surface area (TPSA) is 41.5 Å². The number of phenols is 1. The van der Waals surface area contributed by atoms with E-state index in [4.69, 9.17) is 4.74 Å². The van der Waals surface area contributed by atoms with Gasteiger partial charge in [0.25, 0.3) is 0 Å². The van der Waals surface area contributed by atoms with Crippen LogP contribution in [0.2, 0.25) is 0 Å². The zero-order chi connectivity index (χ0) is 11.4. The van der Waals surface area contributed by atoms with Crippen LogP contribution in [0.3, 0.4) is 0 Å². The van der Waals surface area contributed by atoms with Crippen LogP contribution in [0.25, 0.3) is 0 Å². The summed E-state index contributed by atoms with van der Waals surface area (Å²) in [5, 5.41) is 13.0. The third kappa shape index (κ3) is 2.67. The van der Waals surface area contributed by atoms with Gasteiger partial charge in [-0.3, -0.25) is 0 Å². The molecule has 0 saturated carbocycles. The number of nitrogens with one attached hydrogen (secondary N) is 1. The molecule has 1 fully saturated rings. The maximum Gasteiger partial charge on any atom is 0.161 e. The third-order valence-corrected chi connectivity index (χ3v) is 3.01. The zero-order valence-corrected chi connectivity index (χ0v) is 9.70. The second kappa shape index (κ2) is 5.21. The van der Waals surface area contributed by atoms with Gasteiger partial charge in [-0.05, 0) is 56.5 Å². The fourth-order valence-corrected chi connectivity index (χ4v) is 2.18. The van der Waals surface area contributed by atoms with Gasteiger partial charge in [0.1, 0.15) is 0 Å². The molecule has 0 bridgehead atoms. The minimum absolute atomic E-state index is 0.232. The van der Waals surface area contributed by atoms with Crippen LogP contribution < -0.4 is 10.1 Å². The molecular formula is C13H19NO2. The van der Waals surface area contributed by atoms with E-state index in [1.54, 1.807) is 6.07 Å². The van der Waals surface area contributed by atoms with Gasteiger partial charge in [0, 0.05) is 0 Å². The van der Waals surface area contributed by atoms with Crippen molar-refractivity contribution in [3.63, 3.8) is 0 Å². The first-order chi connectivity index (χ1) is 7.79. The number of aromatic hydroxyl groups is 1. The van der Waals surface area contributed by atoms with Crippen molar-refractivity contribution < 1.29 is 9.84 Å². The van der Waals surface area contributed by atoms with Crippen LogP contribution in [0, 0.1) is 5.92 Å². The predicted molar refractivity (Wildman–Crippen MR) is 64.0 cm³/mol. The lowest BCUT2D eigenvalue weighted by molar-refractivity contribution is 0.317. The Labute approximate surface area is 96.4 Å². The molecule has 88 valence electrons. The quantitative estimate of drug-likeness (QED) is 0.816. The van der Waals surface area contributed by atoms with Crippen molar-refractivity contribution in [1.82, 2.24) is 5.32 Å². The summed E-state index contributed by atoms with van der Waals surface area (Å²) in [6.45, 7) is 4.74. The normalized spacial score (nSPS) is 19.9. The molecule has 3 heteroatoms. The van der Waals surface area contributed by atoms with Crippen molar-refractivity contribution >= 4 is 0 Å².